The fraction of sp³-hybridized carbons (Fsp3) is 1.00. The summed E-state index contributed by atoms with van der Waals surface area (Å²) < 4.78 is 0. The molecular weight excluding hydrogens is 95.0 g/mol. The summed E-state index contributed by atoms with van der Waals surface area (Å²) in [5.74, 6) is 0. The van der Waals surface area contributed by atoms with Crippen LogP contribution >= 0.6 is 0 Å². The minimum absolute atomic E-state index is 0. The van der Waals surface area contributed by atoms with Gasteiger partial charge in [-0.25, -0.2) is 0 Å². The van der Waals surface area contributed by atoms with Crippen molar-refractivity contribution in [2.75, 3.05) is 0 Å². The standard InChI is InChI=1S/C5H14N2.Li.H/c1-4(6)5(2,3)7;;/h4H,6-7H2,1-3H3;;/q;+1;-1. The van der Waals surface area contributed by atoms with Crippen molar-refractivity contribution < 1.29 is 20.3 Å². The van der Waals surface area contributed by atoms with Gasteiger partial charge in [0.05, 0.1) is 0 Å². The van der Waals surface area contributed by atoms with Crippen molar-refractivity contribution in [3.8, 4) is 0 Å². The summed E-state index contributed by atoms with van der Waals surface area (Å²) in [5.41, 5.74) is 10.8. The van der Waals surface area contributed by atoms with E-state index in [1.165, 1.54) is 0 Å². The molecule has 0 bridgehead atoms. The zero-order chi connectivity index (χ0) is 6.08. The Morgan fingerprint density at radius 1 is 1.50 bits per heavy atom. The van der Waals surface area contributed by atoms with Crippen molar-refractivity contribution in [1.29, 1.82) is 0 Å². The average Bonchev–Trinajstić information content (AvgIpc) is 1.31. The fourth-order valence-corrected chi connectivity index (χ4v) is 0. The summed E-state index contributed by atoms with van der Waals surface area (Å²) in [7, 11) is 0. The average molecular weight is 110 g/mol. The first-order valence-electron chi connectivity index (χ1n) is 2.49. The molecule has 0 amide bonds. The number of rotatable bonds is 1. The molecule has 1 unspecified atom stereocenters. The monoisotopic (exact) mass is 110 g/mol. The molecule has 0 aromatic rings. The van der Waals surface area contributed by atoms with Crippen LogP contribution in [0.3, 0.4) is 0 Å². The summed E-state index contributed by atoms with van der Waals surface area (Å²) >= 11 is 0. The summed E-state index contributed by atoms with van der Waals surface area (Å²) in [6.07, 6.45) is 0. The van der Waals surface area contributed by atoms with Gasteiger partial charge in [-0.05, 0) is 20.8 Å². The van der Waals surface area contributed by atoms with Crippen LogP contribution < -0.4 is 30.3 Å². The van der Waals surface area contributed by atoms with Gasteiger partial charge in [-0.15, -0.1) is 0 Å². The summed E-state index contributed by atoms with van der Waals surface area (Å²) in [6, 6.07) is 0.0764. The van der Waals surface area contributed by atoms with Crippen molar-refractivity contribution in [3.63, 3.8) is 0 Å². The Morgan fingerprint density at radius 2 is 1.62 bits per heavy atom. The molecule has 0 radical (unpaired) electrons. The smallest absolute Gasteiger partial charge is 1.00 e. The first kappa shape index (κ1) is 11.3. The van der Waals surface area contributed by atoms with Gasteiger partial charge in [0.15, 0.2) is 0 Å². The van der Waals surface area contributed by atoms with Gasteiger partial charge in [-0.3, -0.25) is 0 Å². The van der Waals surface area contributed by atoms with Gasteiger partial charge in [0, 0.05) is 11.6 Å². The Kier molecular flexibility index (Phi) is 4.99. The molecule has 3 heteroatoms. The van der Waals surface area contributed by atoms with Crippen molar-refractivity contribution in [3.05, 3.63) is 0 Å². The molecule has 46 valence electrons. The van der Waals surface area contributed by atoms with E-state index in [4.69, 9.17) is 11.5 Å². The maximum atomic E-state index is 5.55. The number of hydrogen-bond acceptors (Lipinski definition) is 2. The molecule has 0 aliphatic carbocycles. The van der Waals surface area contributed by atoms with Crippen molar-refractivity contribution in [2.24, 2.45) is 11.5 Å². The van der Waals surface area contributed by atoms with Crippen molar-refractivity contribution >= 4 is 0 Å². The predicted molar refractivity (Wildman–Crippen MR) is 33.0 cm³/mol. The first-order chi connectivity index (χ1) is 2.94. The molecule has 0 aliphatic rings. The molecule has 0 heterocycles. The minimum atomic E-state index is -0.222. The molecule has 2 nitrogen and oxygen atoms in total. The Bertz CT molecular complexity index is 60.5. The largest absolute Gasteiger partial charge is 1.00 e. The third kappa shape index (κ3) is 4.67. The zero-order valence-corrected chi connectivity index (χ0v) is 6.23. The molecule has 0 fully saturated rings. The normalized spacial score (nSPS) is 14.6. The Labute approximate surface area is 64.7 Å². The van der Waals surface area contributed by atoms with Crippen LogP contribution in [0.5, 0.6) is 0 Å². The van der Waals surface area contributed by atoms with Gasteiger partial charge in [-0.2, -0.15) is 0 Å². The van der Waals surface area contributed by atoms with Gasteiger partial charge in [0.2, 0.25) is 0 Å². The number of hydrogen-bond donors (Lipinski definition) is 2. The molecular formula is C5H15LiN2. The molecule has 0 aliphatic heterocycles. The van der Waals surface area contributed by atoms with Gasteiger partial charge in [0.1, 0.15) is 0 Å². The van der Waals surface area contributed by atoms with Crippen LogP contribution in [0.15, 0.2) is 0 Å². The van der Waals surface area contributed by atoms with Crippen LogP contribution in [-0.2, 0) is 0 Å². The van der Waals surface area contributed by atoms with E-state index in [0.717, 1.165) is 0 Å². The summed E-state index contributed by atoms with van der Waals surface area (Å²) in [5, 5.41) is 0. The van der Waals surface area contributed by atoms with Crippen LogP contribution in [0.4, 0.5) is 0 Å². The third-order valence-electron chi connectivity index (χ3n) is 1.17. The molecule has 8 heavy (non-hydrogen) atoms. The second-order valence-corrected chi connectivity index (χ2v) is 2.61. The molecule has 0 spiro atoms. The van der Waals surface area contributed by atoms with E-state index in [-0.39, 0.29) is 31.9 Å². The van der Waals surface area contributed by atoms with Crippen LogP contribution in [0.2, 0.25) is 0 Å². The van der Waals surface area contributed by atoms with Gasteiger partial charge < -0.3 is 12.9 Å². The first-order valence-corrected chi connectivity index (χ1v) is 2.49. The molecule has 0 aromatic carbocycles. The van der Waals surface area contributed by atoms with Crippen LogP contribution in [0, 0.1) is 0 Å². The molecule has 0 aromatic heterocycles. The maximum Gasteiger partial charge on any atom is 1.00 e. The van der Waals surface area contributed by atoms with Crippen LogP contribution in [0.25, 0.3) is 0 Å². The second-order valence-electron chi connectivity index (χ2n) is 2.61. The Morgan fingerprint density at radius 3 is 1.62 bits per heavy atom. The summed E-state index contributed by atoms with van der Waals surface area (Å²) in [4.78, 5) is 0. The molecule has 0 saturated heterocycles. The Hall–Kier alpha value is 0.517. The third-order valence-corrected chi connectivity index (χ3v) is 1.17. The molecule has 4 N–H and O–H groups in total. The van der Waals surface area contributed by atoms with Crippen LogP contribution in [-0.4, -0.2) is 11.6 Å². The van der Waals surface area contributed by atoms with E-state index >= 15 is 0 Å². The van der Waals surface area contributed by atoms with E-state index < -0.39 is 0 Å². The fourth-order valence-electron chi connectivity index (χ4n) is 0. The maximum absolute atomic E-state index is 5.55. The Balaban J connectivity index is -0.000000180. The predicted octanol–water partition coefficient (Wildman–Crippen LogP) is -2.81. The molecule has 0 saturated carbocycles. The van der Waals surface area contributed by atoms with E-state index in [1.54, 1.807) is 0 Å². The van der Waals surface area contributed by atoms with Crippen molar-refractivity contribution in [2.45, 2.75) is 32.4 Å². The van der Waals surface area contributed by atoms with Gasteiger partial charge in [0.25, 0.3) is 0 Å². The van der Waals surface area contributed by atoms with E-state index in [0.29, 0.717) is 0 Å². The minimum Gasteiger partial charge on any atom is -1.00 e. The van der Waals surface area contributed by atoms with E-state index in [2.05, 4.69) is 0 Å². The molecule has 1 atom stereocenters. The van der Waals surface area contributed by atoms with E-state index in [9.17, 15) is 0 Å². The van der Waals surface area contributed by atoms with Gasteiger partial charge in [-0.1, -0.05) is 0 Å². The number of nitrogens with two attached hydrogens (primary N) is 2. The topological polar surface area (TPSA) is 52.0 Å². The SMILES string of the molecule is CC(N)C(C)(C)N.[H-].[Li+]. The molecule has 0 rings (SSSR count). The quantitative estimate of drug-likeness (QED) is 0.358. The van der Waals surface area contributed by atoms with Crippen molar-refractivity contribution in [1.82, 2.24) is 0 Å². The zero-order valence-electron chi connectivity index (χ0n) is 7.23. The van der Waals surface area contributed by atoms with E-state index in [1.807, 2.05) is 20.8 Å². The second kappa shape index (κ2) is 3.53. The van der Waals surface area contributed by atoms with Gasteiger partial charge >= 0.3 is 18.9 Å². The van der Waals surface area contributed by atoms with Crippen LogP contribution in [0.1, 0.15) is 22.2 Å². The summed E-state index contributed by atoms with van der Waals surface area (Å²) in [6.45, 7) is 5.73.